The molecule has 0 fully saturated rings. The second-order valence-electron chi connectivity index (χ2n) is 5.32. The van der Waals surface area contributed by atoms with E-state index in [9.17, 15) is 14.5 Å². The number of hydrogen-bond donors (Lipinski definition) is 2. The van der Waals surface area contributed by atoms with Crippen molar-refractivity contribution in [1.29, 1.82) is 0 Å². The van der Waals surface area contributed by atoms with Gasteiger partial charge in [0.05, 0.1) is 6.02 Å². The van der Waals surface area contributed by atoms with E-state index in [-0.39, 0.29) is 29.6 Å². The summed E-state index contributed by atoms with van der Waals surface area (Å²) in [6.07, 6.45) is 0. The Morgan fingerprint density at radius 2 is 1.50 bits per heavy atom. The summed E-state index contributed by atoms with van der Waals surface area (Å²) in [7, 11) is -4.84. The van der Waals surface area contributed by atoms with Gasteiger partial charge in [-0.2, -0.15) is 0 Å². The summed E-state index contributed by atoms with van der Waals surface area (Å²) in [4.78, 5) is 35.3. The average Bonchev–Trinajstić information content (AvgIpc) is 2.85. The van der Waals surface area contributed by atoms with Gasteiger partial charge in [0.15, 0.2) is 5.54 Å². The quantitative estimate of drug-likeness (QED) is 0.436. The summed E-state index contributed by atoms with van der Waals surface area (Å²) >= 11 is 0. The third-order valence-electron chi connectivity index (χ3n) is 3.79. The molecule has 0 aromatic heterocycles. The third kappa shape index (κ3) is 3.92. The van der Waals surface area contributed by atoms with Crippen molar-refractivity contribution in [1.82, 2.24) is 4.90 Å². The van der Waals surface area contributed by atoms with Gasteiger partial charge in [0, 0.05) is 0 Å². The van der Waals surface area contributed by atoms with Crippen LogP contribution in [0.5, 0.6) is 0 Å². The van der Waals surface area contributed by atoms with Crippen LogP contribution in [0, 0.1) is 0 Å². The molecular weight excluding hydrogens is 370 g/mol. The fourth-order valence-electron chi connectivity index (χ4n) is 2.68. The van der Waals surface area contributed by atoms with Gasteiger partial charge in [-0.15, -0.1) is 0 Å². The summed E-state index contributed by atoms with van der Waals surface area (Å²) in [6.45, 7) is -0.882. The van der Waals surface area contributed by atoms with Crippen LogP contribution >= 0.6 is 7.82 Å². The Morgan fingerprint density at radius 1 is 1.04 bits per heavy atom. The van der Waals surface area contributed by atoms with Crippen molar-refractivity contribution in [2.75, 3.05) is 6.73 Å². The van der Waals surface area contributed by atoms with Gasteiger partial charge < -0.3 is 14.9 Å². The molecule has 2 N–H and O–H groups in total. The molecule has 2 aromatic carbocycles. The second-order valence-corrected chi connectivity index (χ2v) is 6.56. The van der Waals surface area contributed by atoms with E-state index in [4.69, 9.17) is 9.79 Å². The smallest absolute Gasteiger partial charge is 0.846 e. The normalized spacial score (nSPS) is 16.2. The van der Waals surface area contributed by atoms with E-state index in [1.165, 1.54) is 0 Å². The molecule has 0 bridgehead atoms. The predicted octanol–water partition coefficient (Wildman–Crippen LogP) is -2.44. The molecule has 1 amide bonds. The molecule has 1 heterocycles. The molecular formula is C16H14N2NaO6P. The van der Waals surface area contributed by atoms with Crippen molar-refractivity contribution in [3.63, 3.8) is 0 Å². The number of aliphatic imine (C=N–C) groups is 1. The maximum atomic E-state index is 13.0. The van der Waals surface area contributed by atoms with Crippen LogP contribution in [0.1, 0.15) is 11.1 Å². The Balaban J connectivity index is 0.00000243. The number of nitrogens with zero attached hydrogens (tertiary/aromatic N) is 2. The van der Waals surface area contributed by atoms with E-state index in [1.54, 1.807) is 60.7 Å². The number of phosphoric acid groups is 1. The number of amidine groups is 1. The van der Waals surface area contributed by atoms with E-state index in [1.807, 2.05) is 0 Å². The summed E-state index contributed by atoms with van der Waals surface area (Å²) in [5.41, 5.74) is -0.672. The first-order chi connectivity index (χ1) is 11.8. The summed E-state index contributed by atoms with van der Waals surface area (Å²) in [5.74, 6) is -0.733. The van der Waals surface area contributed by atoms with Crippen LogP contribution in [0.15, 0.2) is 65.7 Å². The fraction of sp³-hybridized carbons (Fsp3) is 0.125. The number of hydrogen-bond acceptors (Lipinski definition) is 5. The molecule has 26 heavy (non-hydrogen) atoms. The van der Waals surface area contributed by atoms with Gasteiger partial charge in [-0.3, -0.25) is 19.2 Å². The average molecular weight is 384 g/mol. The standard InChI is InChI=1S/C16H15N2O6P.Na/c19-14-16(12-7-3-1-4-8-12,13-9-5-2-6-10-13)17-15(20)18(14)11-24-25(21,22)23;/h1-10H,11H2,(H,17,20)(H2,21,22,23);/q;+1/p-1. The molecule has 0 aliphatic carbocycles. The third-order valence-corrected chi connectivity index (χ3v) is 4.24. The second kappa shape index (κ2) is 8.02. The number of carbonyl (C=O) groups is 1. The zero-order valence-electron chi connectivity index (χ0n) is 13.8. The van der Waals surface area contributed by atoms with E-state index in [2.05, 4.69) is 9.52 Å². The van der Waals surface area contributed by atoms with Crippen molar-refractivity contribution < 1.29 is 58.3 Å². The molecule has 0 atom stereocenters. The van der Waals surface area contributed by atoms with E-state index in [0.29, 0.717) is 16.0 Å². The van der Waals surface area contributed by atoms with Crippen LogP contribution in [0.4, 0.5) is 0 Å². The topological polar surface area (TPSA) is 122 Å². The first-order valence-electron chi connectivity index (χ1n) is 7.24. The van der Waals surface area contributed by atoms with Crippen molar-refractivity contribution in [2.24, 2.45) is 4.99 Å². The van der Waals surface area contributed by atoms with Crippen LogP contribution in [0.3, 0.4) is 0 Å². The van der Waals surface area contributed by atoms with Crippen molar-refractivity contribution >= 4 is 19.8 Å². The Kier molecular flexibility index (Phi) is 6.42. The van der Waals surface area contributed by atoms with E-state index in [0.717, 1.165) is 0 Å². The predicted molar refractivity (Wildman–Crippen MR) is 85.9 cm³/mol. The number of benzene rings is 2. The molecule has 0 unspecified atom stereocenters. The SMILES string of the molecule is O=C1N(COP(=O)(O)O)C([O-])=NC1(c1ccccc1)c1ccccc1.[Na+]. The van der Waals surface area contributed by atoms with Crippen LogP contribution in [-0.4, -0.2) is 33.3 Å². The molecule has 10 heteroatoms. The first-order valence-corrected chi connectivity index (χ1v) is 8.77. The van der Waals surface area contributed by atoms with E-state index >= 15 is 0 Å². The summed E-state index contributed by atoms with van der Waals surface area (Å²) < 4.78 is 15.2. The maximum Gasteiger partial charge on any atom is 1.00 e. The minimum Gasteiger partial charge on any atom is -0.846 e. The summed E-state index contributed by atoms with van der Waals surface area (Å²) in [5, 5.41) is 12.3. The van der Waals surface area contributed by atoms with Gasteiger partial charge in [0.1, 0.15) is 6.73 Å². The minimum absolute atomic E-state index is 0. The molecule has 3 rings (SSSR count). The number of rotatable bonds is 5. The van der Waals surface area contributed by atoms with Crippen molar-refractivity contribution in [3.8, 4) is 0 Å². The monoisotopic (exact) mass is 384 g/mol. The van der Waals surface area contributed by atoms with Gasteiger partial charge in [-0.05, 0) is 11.1 Å². The molecule has 130 valence electrons. The van der Waals surface area contributed by atoms with Gasteiger partial charge in [-0.25, -0.2) is 4.57 Å². The Hall–Kier alpha value is -1.51. The molecule has 0 spiro atoms. The molecule has 1 aliphatic rings. The van der Waals surface area contributed by atoms with E-state index < -0.39 is 32.0 Å². The van der Waals surface area contributed by atoms with Gasteiger partial charge >= 0.3 is 37.4 Å². The molecule has 1 aliphatic heterocycles. The number of amides is 1. The summed E-state index contributed by atoms with van der Waals surface area (Å²) in [6, 6.07) is 16.1. The maximum absolute atomic E-state index is 13.0. The number of carbonyl (C=O) groups excluding carboxylic acids is 1. The molecule has 0 saturated heterocycles. The zero-order valence-corrected chi connectivity index (χ0v) is 16.7. The number of phosphoric ester groups is 1. The first kappa shape index (κ1) is 20.8. The van der Waals surface area contributed by atoms with Crippen LogP contribution in [0.25, 0.3) is 0 Å². The van der Waals surface area contributed by atoms with Crippen LogP contribution in [-0.2, 0) is 19.4 Å². The minimum atomic E-state index is -4.84. The van der Waals surface area contributed by atoms with Crippen LogP contribution in [0.2, 0.25) is 0 Å². The molecule has 0 radical (unpaired) electrons. The van der Waals surface area contributed by atoms with Crippen molar-refractivity contribution in [3.05, 3.63) is 71.8 Å². The van der Waals surface area contributed by atoms with Gasteiger partial charge in [-0.1, -0.05) is 60.7 Å². The molecule has 2 aromatic rings. The Labute approximate surface area is 171 Å². The largest absolute Gasteiger partial charge is 1.00 e. The van der Waals surface area contributed by atoms with Crippen molar-refractivity contribution in [2.45, 2.75) is 5.54 Å². The Morgan fingerprint density at radius 3 is 1.92 bits per heavy atom. The van der Waals surface area contributed by atoms with Gasteiger partial charge in [0.2, 0.25) is 0 Å². The van der Waals surface area contributed by atoms with Gasteiger partial charge in [0.25, 0.3) is 5.91 Å². The zero-order chi connectivity index (χ0) is 18.1. The Bertz CT molecular complexity index is 816. The molecule has 8 nitrogen and oxygen atoms in total. The van der Waals surface area contributed by atoms with Crippen LogP contribution < -0.4 is 34.7 Å². The fourth-order valence-corrected chi connectivity index (χ4v) is 2.95. The molecule has 0 saturated carbocycles.